The summed E-state index contributed by atoms with van der Waals surface area (Å²) >= 11 is 0. The summed E-state index contributed by atoms with van der Waals surface area (Å²) in [5.41, 5.74) is 21.6. The zero-order valence-corrected chi connectivity index (χ0v) is 31.3. The lowest BCUT2D eigenvalue weighted by Gasteiger charge is -2.23. The molecule has 2 aromatic heterocycles. The van der Waals surface area contributed by atoms with Crippen molar-refractivity contribution in [2.75, 3.05) is 13.1 Å². The zero-order valence-electron chi connectivity index (χ0n) is 31.3. The van der Waals surface area contributed by atoms with Crippen LogP contribution in [0.15, 0.2) is 64.5 Å². The minimum Gasteiger partial charge on any atom is -0.370 e. The third-order valence-electron chi connectivity index (χ3n) is 8.56. The first kappa shape index (κ1) is 40.3. The summed E-state index contributed by atoms with van der Waals surface area (Å²) in [5.74, 6) is -2.67. The summed E-state index contributed by atoms with van der Waals surface area (Å²) in [5, 5.41) is 4.36. The average molecular weight is 693 g/mol. The van der Waals surface area contributed by atoms with Gasteiger partial charge in [0.2, 0.25) is 0 Å². The van der Waals surface area contributed by atoms with E-state index in [1.165, 1.54) is 0 Å². The number of guanidine groups is 1. The molecule has 0 spiro atoms. The first-order chi connectivity index (χ1) is 23.1. The van der Waals surface area contributed by atoms with Gasteiger partial charge in [-0.05, 0) is 98.5 Å². The van der Waals surface area contributed by atoms with Crippen molar-refractivity contribution in [3.63, 3.8) is 0 Å². The van der Waals surface area contributed by atoms with Crippen molar-refractivity contribution >= 4 is 17.0 Å². The Balaban J connectivity index is 0.000000295. The molecule has 2 heterocycles. The molecule has 11 heteroatoms. The number of benzene rings is 2. The number of aryl methyl sites for hydroxylation is 1. The van der Waals surface area contributed by atoms with E-state index in [0.717, 1.165) is 72.6 Å². The van der Waals surface area contributed by atoms with Crippen LogP contribution in [0.5, 0.6) is 0 Å². The Bertz CT molecular complexity index is 1740. The Morgan fingerprint density at radius 1 is 0.940 bits per heavy atom. The highest BCUT2D eigenvalue weighted by atomic mass is 19.3. The fraction of sp³-hybridized carbons (Fsp3) is 0.513. The standard InChI is InChI=1S/C22H31N7O.C17H27F2N/c1-14(25-10-5-11-26-20(23)24)15-6-8-17(9-7-15)29-13-16-12-18(22(2,3)4)27-19(16)28-21(29)30;1-12(20)7-6-8-13-9-14(16(2,3)4)11-15(10-13)17(5,18)19/h6-9,12-14,25H,5,10-11H2,1-4H3,(H4,23,24,26)(H,27,28,30);9-12H,6-8,20H2,1-5H3/t14-;12-/m00/s1. The number of hydrogen-bond acceptors (Lipinski definition) is 5. The average Bonchev–Trinajstić information content (AvgIpc) is 3.43. The van der Waals surface area contributed by atoms with Gasteiger partial charge >= 0.3 is 5.69 Å². The third-order valence-corrected chi connectivity index (χ3v) is 8.56. The quantitative estimate of drug-likeness (QED) is 0.0607. The molecule has 0 saturated carbocycles. The molecule has 8 N–H and O–H groups in total. The molecule has 50 heavy (non-hydrogen) atoms. The molecule has 274 valence electrons. The van der Waals surface area contributed by atoms with Crippen LogP contribution >= 0.6 is 0 Å². The molecule has 0 fully saturated rings. The molecule has 0 aliphatic carbocycles. The highest BCUT2D eigenvalue weighted by Gasteiger charge is 2.27. The number of rotatable bonds is 12. The van der Waals surface area contributed by atoms with E-state index in [9.17, 15) is 13.6 Å². The van der Waals surface area contributed by atoms with Gasteiger partial charge in [0.1, 0.15) is 5.65 Å². The predicted octanol–water partition coefficient (Wildman–Crippen LogP) is 7.09. The number of halogens is 2. The SMILES string of the molecule is C[C@H](N)CCCc1cc(C(C)(C)C)cc(C(C)(F)F)c1.C[C@H](NCCCN=C(N)N)c1ccc(-n2cc3cc(C(C)(C)C)[nH]c3nc2=O)cc1. The normalized spacial score (nSPS) is 13.4. The third kappa shape index (κ3) is 12.1. The van der Waals surface area contributed by atoms with Gasteiger partial charge in [0.25, 0.3) is 5.92 Å². The number of alkyl halides is 2. The molecule has 0 aliphatic heterocycles. The maximum atomic E-state index is 13.6. The maximum Gasteiger partial charge on any atom is 0.354 e. The lowest BCUT2D eigenvalue weighted by molar-refractivity contribution is 0.0172. The molecule has 0 amide bonds. The van der Waals surface area contributed by atoms with E-state index in [0.29, 0.717) is 12.2 Å². The van der Waals surface area contributed by atoms with Gasteiger partial charge in [-0.1, -0.05) is 59.7 Å². The molecule has 9 nitrogen and oxygen atoms in total. The molecular weight excluding hydrogens is 634 g/mol. The Kier molecular flexibility index (Phi) is 13.5. The minimum atomic E-state index is -2.79. The fourth-order valence-electron chi connectivity index (χ4n) is 5.38. The number of hydrogen-bond donors (Lipinski definition) is 5. The van der Waals surface area contributed by atoms with Crippen LogP contribution in [0, 0.1) is 0 Å². The largest absolute Gasteiger partial charge is 0.370 e. The lowest BCUT2D eigenvalue weighted by atomic mass is 9.83. The van der Waals surface area contributed by atoms with Crippen LogP contribution in [0.4, 0.5) is 8.78 Å². The van der Waals surface area contributed by atoms with Crippen LogP contribution in [0.25, 0.3) is 16.7 Å². The minimum absolute atomic E-state index is 0.0390. The van der Waals surface area contributed by atoms with Gasteiger partial charge in [0.05, 0.1) is 5.69 Å². The summed E-state index contributed by atoms with van der Waals surface area (Å²) in [4.78, 5) is 24.0. The molecule has 4 rings (SSSR count). The second kappa shape index (κ2) is 16.7. The Labute approximate surface area is 296 Å². The van der Waals surface area contributed by atoms with E-state index in [1.807, 2.05) is 58.2 Å². The molecule has 0 saturated heterocycles. The van der Waals surface area contributed by atoms with Crippen molar-refractivity contribution in [2.45, 2.75) is 117 Å². The predicted molar refractivity (Wildman–Crippen MR) is 203 cm³/mol. The van der Waals surface area contributed by atoms with Crippen LogP contribution in [-0.4, -0.2) is 39.6 Å². The number of nitrogens with one attached hydrogen (secondary N) is 2. The van der Waals surface area contributed by atoms with Gasteiger partial charge in [-0.15, -0.1) is 0 Å². The molecule has 2 aromatic carbocycles. The highest BCUT2D eigenvalue weighted by molar-refractivity contribution is 5.76. The highest BCUT2D eigenvalue weighted by Crippen LogP contribution is 2.33. The topological polar surface area (TPSA) is 153 Å². The van der Waals surface area contributed by atoms with Crippen molar-refractivity contribution in [3.05, 3.63) is 93.2 Å². The number of nitrogens with two attached hydrogens (primary N) is 3. The van der Waals surface area contributed by atoms with Gasteiger partial charge in [-0.2, -0.15) is 4.98 Å². The lowest BCUT2D eigenvalue weighted by Crippen LogP contribution is -2.24. The van der Waals surface area contributed by atoms with Crippen molar-refractivity contribution in [2.24, 2.45) is 22.2 Å². The van der Waals surface area contributed by atoms with E-state index in [-0.39, 0.29) is 40.1 Å². The Morgan fingerprint density at radius 2 is 1.58 bits per heavy atom. The zero-order chi connectivity index (χ0) is 37.4. The first-order valence-electron chi connectivity index (χ1n) is 17.5. The number of aromatic amines is 1. The molecule has 0 radical (unpaired) electrons. The second-order valence-corrected chi connectivity index (χ2v) is 15.5. The molecule has 0 bridgehead atoms. The van der Waals surface area contributed by atoms with Gasteiger partial charge in [0, 0.05) is 53.8 Å². The van der Waals surface area contributed by atoms with Crippen LogP contribution in [0.3, 0.4) is 0 Å². The van der Waals surface area contributed by atoms with Gasteiger partial charge in [-0.25, -0.2) is 13.6 Å². The van der Waals surface area contributed by atoms with Crippen molar-refractivity contribution < 1.29 is 8.78 Å². The van der Waals surface area contributed by atoms with Gasteiger partial charge in [0.15, 0.2) is 5.96 Å². The van der Waals surface area contributed by atoms with Crippen LogP contribution in [0.2, 0.25) is 0 Å². The monoisotopic (exact) mass is 692 g/mol. The Morgan fingerprint density at radius 3 is 2.14 bits per heavy atom. The van der Waals surface area contributed by atoms with Crippen molar-refractivity contribution in [3.8, 4) is 5.69 Å². The summed E-state index contributed by atoms with van der Waals surface area (Å²) in [6, 6.07) is 15.7. The summed E-state index contributed by atoms with van der Waals surface area (Å²) in [6.45, 7) is 19.0. The fourth-order valence-corrected chi connectivity index (χ4v) is 5.38. The number of nitrogens with zero attached hydrogens (tertiary/aromatic N) is 3. The van der Waals surface area contributed by atoms with Crippen LogP contribution in [0.1, 0.15) is 116 Å². The van der Waals surface area contributed by atoms with E-state index < -0.39 is 5.92 Å². The summed E-state index contributed by atoms with van der Waals surface area (Å²) in [7, 11) is 0. The number of fused-ring (bicyclic) bond motifs is 1. The van der Waals surface area contributed by atoms with Crippen LogP contribution in [-0.2, 0) is 23.2 Å². The summed E-state index contributed by atoms with van der Waals surface area (Å²) in [6.07, 6.45) is 5.34. The van der Waals surface area contributed by atoms with Crippen LogP contribution < -0.4 is 28.2 Å². The van der Waals surface area contributed by atoms with E-state index in [1.54, 1.807) is 16.7 Å². The molecule has 0 aliphatic rings. The van der Waals surface area contributed by atoms with E-state index >= 15 is 0 Å². The van der Waals surface area contributed by atoms with Gasteiger partial charge in [-0.3, -0.25) is 9.56 Å². The molecular formula is C39H58F2N8O. The van der Waals surface area contributed by atoms with E-state index in [4.69, 9.17) is 17.2 Å². The molecule has 0 unspecified atom stereocenters. The van der Waals surface area contributed by atoms with E-state index in [2.05, 4.69) is 60.1 Å². The number of aromatic nitrogens is 3. The number of H-pyrrole nitrogens is 1. The Hall–Kier alpha value is -4.09. The first-order valence-corrected chi connectivity index (χ1v) is 17.5. The molecule has 2 atom stereocenters. The number of aliphatic imine (C=N–C) groups is 1. The van der Waals surface area contributed by atoms with Gasteiger partial charge < -0.3 is 27.5 Å². The van der Waals surface area contributed by atoms with Crippen molar-refractivity contribution in [1.29, 1.82) is 0 Å². The molecule has 4 aromatic rings. The second-order valence-electron chi connectivity index (χ2n) is 15.5. The summed E-state index contributed by atoms with van der Waals surface area (Å²) < 4.78 is 28.8. The maximum absolute atomic E-state index is 13.6. The smallest absolute Gasteiger partial charge is 0.354 e. The van der Waals surface area contributed by atoms with Crippen molar-refractivity contribution in [1.82, 2.24) is 19.9 Å².